The summed E-state index contributed by atoms with van der Waals surface area (Å²) in [6, 6.07) is 10.9. The van der Waals surface area contributed by atoms with Crippen molar-refractivity contribution < 1.29 is 19.7 Å². The maximum Gasteiger partial charge on any atom is 0.304 e. The zero-order valence-electron chi connectivity index (χ0n) is 15.5. The van der Waals surface area contributed by atoms with Gasteiger partial charge in [0.15, 0.2) is 0 Å². The average molecular weight is 418 g/mol. The first-order chi connectivity index (χ1) is 13.4. The van der Waals surface area contributed by atoms with Gasteiger partial charge in [-0.1, -0.05) is 23.7 Å². The number of aliphatic hydroxyl groups excluding tert-OH is 1. The number of methoxy groups -OCH3 is 1. The van der Waals surface area contributed by atoms with Gasteiger partial charge in [-0.2, -0.15) is 0 Å². The number of hydrogen-bond donors (Lipinski definition) is 2. The van der Waals surface area contributed by atoms with E-state index in [0.717, 1.165) is 32.1 Å². The third-order valence-corrected chi connectivity index (χ3v) is 5.64. The summed E-state index contributed by atoms with van der Waals surface area (Å²) in [5.74, 6) is -0.662. The fourth-order valence-electron chi connectivity index (χ4n) is 3.10. The van der Waals surface area contributed by atoms with Gasteiger partial charge in [0.1, 0.15) is 10.8 Å². The molecule has 1 aromatic heterocycles. The lowest BCUT2D eigenvalue weighted by Crippen LogP contribution is -2.08. The zero-order chi connectivity index (χ0) is 20.3. The van der Waals surface area contributed by atoms with Crippen molar-refractivity contribution >= 4 is 28.9 Å². The monoisotopic (exact) mass is 417 g/mol. The smallest absolute Gasteiger partial charge is 0.304 e. The number of aliphatic hydroxyl groups is 1. The van der Waals surface area contributed by atoms with E-state index in [1.165, 1.54) is 11.3 Å². The molecule has 0 saturated heterocycles. The van der Waals surface area contributed by atoms with Crippen LogP contribution in [0.15, 0.2) is 42.6 Å². The molecule has 146 valence electrons. The number of aryl methyl sites for hydroxylation is 1. The summed E-state index contributed by atoms with van der Waals surface area (Å²) in [5.41, 5.74) is 3.09. The van der Waals surface area contributed by atoms with Gasteiger partial charge in [0, 0.05) is 27.6 Å². The Hall–Kier alpha value is -2.41. The largest absolute Gasteiger partial charge is 0.496 e. The second-order valence-corrected chi connectivity index (χ2v) is 8.13. The van der Waals surface area contributed by atoms with Gasteiger partial charge < -0.3 is 14.9 Å². The molecule has 3 aromatic rings. The Kier molecular flexibility index (Phi) is 6.34. The van der Waals surface area contributed by atoms with Crippen molar-refractivity contribution in [3.05, 3.63) is 68.6 Å². The van der Waals surface area contributed by atoms with Crippen molar-refractivity contribution in [2.24, 2.45) is 0 Å². The Morgan fingerprint density at radius 3 is 2.68 bits per heavy atom. The SMILES string of the molecule is COc1ccc(CO)cc1-c1cc(Cl)cc(C(CC(=O)O)c2ncc(C)s2)c1. The summed E-state index contributed by atoms with van der Waals surface area (Å²) in [7, 11) is 1.58. The van der Waals surface area contributed by atoms with E-state index >= 15 is 0 Å². The zero-order valence-corrected chi connectivity index (χ0v) is 17.0. The van der Waals surface area contributed by atoms with Crippen LogP contribution >= 0.6 is 22.9 Å². The van der Waals surface area contributed by atoms with Crippen LogP contribution in [0.3, 0.4) is 0 Å². The number of aromatic nitrogens is 1. The van der Waals surface area contributed by atoms with Crippen LogP contribution in [-0.2, 0) is 11.4 Å². The molecule has 0 bridgehead atoms. The minimum absolute atomic E-state index is 0.0828. The Morgan fingerprint density at radius 1 is 1.29 bits per heavy atom. The van der Waals surface area contributed by atoms with Crippen LogP contribution in [-0.4, -0.2) is 28.3 Å². The number of aliphatic carboxylic acids is 1. The van der Waals surface area contributed by atoms with E-state index in [1.54, 1.807) is 37.6 Å². The molecule has 2 N–H and O–H groups in total. The predicted molar refractivity (Wildman–Crippen MR) is 110 cm³/mol. The van der Waals surface area contributed by atoms with Gasteiger partial charge in [0.2, 0.25) is 0 Å². The fraction of sp³-hybridized carbons (Fsp3) is 0.238. The number of benzene rings is 2. The molecule has 0 radical (unpaired) electrons. The molecule has 2 aromatic carbocycles. The van der Waals surface area contributed by atoms with Crippen LogP contribution in [0, 0.1) is 6.92 Å². The normalized spacial score (nSPS) is 12.0. The molecule has 7 heteroatoms. The second-order valence-electron chi connectivity index (χ2n) is 6.43. The third kappa shape index (κ3) is 4.52. The number of carbonyl (C=O) groups is 1. The molecule has 3 rings (SSSR count). The topological polar surface area (TPSA) is 79.7 Å². The van der Waals surface area contributed by atoms with Crippen molar-refractivity contribution in [1.82, 2.24) is 4.98 Å². The summed E-state index contributed by atoms with van der Waals surface area (Å²) in [4.78, 5) is 16.9. The highest BCUT2D eigenvalue weighted by Gasteiger charge is 2.22. The van der Waals surface area contributed by atoms with Crippen LogP contribution < -0.4 is 4.74 Å². The van der Waals surface area contributed by atoms with Crippen LogP contribution in [0.2, 0.25) is 5.02 Å². The molecule has 1 heterocycles. The van der Waals surface area contributed by atoms with Gasteiger partial charge in [0.25, 0.3) is 0 Å². The quantitative estimate of drug-likeness (QED) is 0.572. The van der Waals surface area contributed by atoms with Crippen molar-refractivity contribution in [3.63, 3.8) is 0 Å². The summed E-state index contributed by atoms with van der Waals surface area (Å²) >= 11 is 7.87. The standard InChI is InChI=1S/C21H20ClNO4S/c1-12-10-23-21(28-12)18(9-20(25)26)15-6-14(7-16(22)8-15)17-5-13(11-24)3-4-19(17)27-2/h3-8,10,18,24H,9,11H2,1-2H3,(H,25,26). The number of ether oxygens (including phenoxy) is 1. The third-order valence-electron chi connectivity index (χ3n) is 4.40. The van der Waals surface area contributed by atoms with Gasteiger partial charge in [-0.3, -0.25) is 4.79 Å². The van der Waals surface area contributed by atoms with Crippen LogP contribution in [0.5, 0.6) is 5.75 Å². The molecule has 1 unspecified atom stereocenters. The fourth-order valence-corrected chi connectivity index (χ4v) is 4.25. The maximum absolute atomic E-state index is 11.5. The van der Waals surface area contributed by atoms with E-state index in [2.05, 4.69) is 4.98 Å². The first kappa shape index (κ1) is 20.3. The number of carboxylic acid groups (broad SMARTS) is 1. The van der Waals surface area contributed by atoms with Gasteiger partial charge in [0.05, 0.1) is 20.1 Å². The first-order valence-corrected chi connectivity index (χ1v) is 9.83. The van der Waals surface area contributed by atoms with Gasteiger partial charge in [-0.15, -0.1) is 11.3 Å². The van der Waals surface area contributed by atoms with E-state index < -0.39 is 11.9 Å². The van der Waals surface area contributed by atoms with E-state index in [4.69, 9.17) is 16.3 Å². The van der Waals surface area contributed by atoms with E-state index in [0.29, 0.717) is 10.8 Å². The molecular weight excluding hydrogens is 398 g/mol. The van der Waals surface area contributed by atoms with Gasteiger partial charge in [-0.25, -0.2) is 4.98 Å². The summed E-state index contributed by atoms with van der Waals surface area (Å²) in [6.45, 7) is 1.85. The minimum atomic E-state index is -0.903. The molecule has 0 saturated carbocycles. The Morgan fingerprint density at radius 2 is 2.07 bits per heavy atom. The molecule has 1 atom stereocenters. The number of rotatable bonds is 7. The molecule has 5 nitrogen and oxygen atoms in total. The van der Waals surface area contributed by atoms with Crippen LogP contribution in [0.25, 0.3) is 11.1 Å². The van der Waals surface area contributed by atoms with Crippen molar-refractivity contribution in [1.29, 1.82) is 0 Å². The number of hydrogen-bond acceptors (Lipinski definition) is 5. The molecule has 0 spiro atoms. The summed E-state index contributed by atoms with van der Waals surface area (Å²) in [6.07, 6.45) is 1.66. The van der Waals surface area contributed by atoms with E-state index in [9.17, 15) is 15.0 Å². The Bertz CT molecular complexity index is 1000. The first-order valence-electron chi connectivity index (χ1n) is 8.64. The Balaban J connectivity index is 2.13. The lowest BCUT2D eigenvalue weighted by molar-refractivity contribution is -0.137. The molecule has 0 fully saturated rings. The lowest BCUT2D eigenvalue weighted by atomic mass is 9.92. The van der Waals surface area contributed by atoms with Crippen LogP contribution in [0.1, 0.15) is 33.4 Å². The van der Waals surface area contributed by atoms with E-state index in [-0.39, 0.29) is 13.0 Å². The molecule has 0 aliphatic heterocycles. The van der Waals surface area contributed by atoms with E-state index in [1.807, 2.05) is 19.1 Å². The number of nitrogens with zero attached hydrogens (tertiary/aromatic N) is 1. The average Bonchev–Trinajstić information content (AvgIpc) is 3.10. The van der Waals surface area contributed by atoms with Crippen molar-refractivity contribution in [3.8, 4) is 16.9 Å². The molecule has 0 amide bonds. The molecular formula is C21H20ClNO4S. The number of carboxylic acids is 1. The lowest BCUT2D eigenvalue weighted by Gasteiger charge is -2.16. The van der Waals surface area contributed by atoms with Crippen LogP contribution in [0.4, 0.5) is 0 Å². The highest BCUT2D eigenvalue weighted by atomic mass is 35.5. The summed E-state index contributed by atoms with van der Waals surface area (Å²) in [5, 5.41) is 20.1. The highest BCUT2D eigenvalue weighted by Crippen LogP contribution is 2.38. The number of halogens is 1. The molecule has 0 aliphatic rings. The second kappa shape index (κ2) is 8.73. The van der Waals surface area contributed by atoms with Gasteiger partial charge >= 0.3 is 5.97 Å². The Labute approximate surface area is 172 Å². The minimum Gasteiger partial charge on any atom is -0.496 e. The maximum atomic E-state index is 11.5. The number of thiazole rings is 1. The predicted octanol–water partition coefficient (Wildman–Crippen LogP) is 4.88. The molecule has 0 aliphatic carbocycles. The van der Waals surface area contributed by atoms with Crippen molar-refractivity contribution in [2.45, 2.75) is 25.9 Å². The van der Waals surface area contributed by atoms with Gasteiger partial charge in [-0.05, 0) is 47.9 Å². The molecule has 28 heavy (non-hydrogen) atoms. The summed E-state index contributed by atoms with van der Waals surface area (Å²) < 4.78 is 5.46. The highest BCUT2D eigenvalue weighted by molar-refractivity contribution is 7.11. The van der Waals surface area contributed by atoms with Crippen molar-refractivity contribution in [2.75, 3.05) is 7.11 Å².